The van der Waals surface area contributed by atoms with E-state index in [1.165, 1.54) is 102 Å². The number of likely N-dealkylation sites (N-methyl/N-ethyl adjacent to an activating group) is 4. The Labute approximate surface area is 562 Å². The first-order chi connectivity index (χ1) is 46.7. The minimum atomic E-state index is -3.91. The number of hydrogen-bond acceptors (Lipinski definition) is 22. The third-order valence-electron chi connectivity index (χ3n) is 14.5. The van der Waals surface area contributed by atoms with Gasteiger partial charge in [0.15, 0.2) is 45.8 Å². The number of rotatable bonds is 8. The van der Waals surface area contributed by atoms with Crippen molar-refractivity contribution in [3.63, 3.8) is 0 Å². The Kier molecular flexibility index (Phi) is 21.7. The summed E-state index contributed by atoms with van der Waals surface area (Å²) in [4.78, 5) is 65.2. The molecule has 5 aliphatic rings. The van der Waals surface area contributed by atoms with Crippen LogP contribution in [0.4, 0.5) is 23.3 Å². The summed E-state index contributed by atoms with van der Waals surface area (Å²) in [5, 5.41) is 51.3. The van der Waals surface area contributed by atoms with Crippen molar-refractivity contribution in [1.82, 2.24) is 37.2 Å². The molecule has 0 aliphatic carbocycles. The first kappa shape index (κ1) is 70.7. The quantitative estimate of drug-likeness (QED) is 0.0820. The zero-order valence-electron chi connectivity index (χ0n) is 52.0. The molecule has 5 aliphatic heterocycles. The zero-order valence-corrected chi connectivity index (χ0v) is 55.3. The van der Waals surface area contributed by atoms with E-state index >= 15 is 0 Å². The van der Waals surface area contributed by atoms with Crippen LogP contribution in [0.15, 0.2) is 237 Å². The molecule has 8 N–H and O–H groups in total. The summed E-state index contributed by atoms with van der Waals surface area (Å²) in [6, 6.07) is 43.5. The molecule has 0 saturated carbocycles. The lowest BCUT2D eigenvalue weighted by atomic mass is 10.1. The summed E-state index contributed by atoms with van der Waals surface area (Å²) >= 11 is 0. The van der Waals surface area contributed by atoms with Crippen molar-refractivity contribution in [3.05, 3.63) is 240 Å². The second-order valence-electron chi connectivity index (χ2n) is 20.6. The van der Waals surface area contributed by atoms with Gasteiger partial charge in [0, 0.05) is 75.2 Å². The van der Waals surface area contributed by atoms with Crippen molar-refractivity contribution in [1.29, 1.82) is 0 Å². The molecule has 8 aromatic rings. The molecule has 9 heterocycles. The molecule has 4 aromatic heterocycles. The maximum Gasteiger partial charge on any atom is 0.277 e. The van der Waals surface area contributed by atoms with Crippen LogP contribution in [0.3, 0.4) is 0 Å². The van der Waals surface area contributed by atoms with Gasteiger partial charge in [-0.3, -0.25) is 36.4 Å². The fourth-order valence-corrected chi connectivity index (χ4v) is 15.2. The maximum atomic E-state index is 12.5. The summed E-state index contributed by atoms with van der Waals surface area (Å²) in [5.41, 5.74) is -1.03. The number of fused-ring (bicyclic) bond motifs is 4. The number of anilines is 4. The number of nitrogens with one attached hydrogen (secondary N) is 4. The zero-order chi connectivity index (χ0) is 70.7. The maximum absolute atomic E-state index is 12.5. The lowest BCUT2D eigenvalue weighted by Crippen LogP contribution is -2.37. The van der Waals surface area contributed by atoms with E-state index < -0.39 is 86.8 Å². The topological polar surface area (TPSA) is 417 Å². The highest BCUT2D eigenvalue weighted by Crippen LogP contribution is 2.39. The van der Waals surface area contributed by atoms with Gasteiger partial charge in [-0.15, -0.1) is 0 Å². The fourth-order valence-electron chi connectivity index (χ4n) is 9.62. The van der Waals surface area contributed by atoms with E-state index in [1.807, 2.05) is 0 Å². The Morgan fingerprint density at radius 2 is 0.500 bits per heavy atom. The van der Waals surface area contributed by atoms with Gasteiger partial charge in [0.2, 0.25) is 0 Å². The minimum absolute atomic E-state index is 0.0469. The van der Waals surface area contributed by atoms with E-state index in [0.717, 1.165) is 43.6 Å². The molecule has 1 fully saturated rings. The number of carbonyl (C=O) groups excluding carboxylic acids is 4. The Morgan fingerprint density at radius 3 is 0.673 bits per heavy atom. The summed E-state index contributed by atoms with van der Waals surface area (Å²) < 4.78 is 113. The third-order valence-corrected chi connectivity index (χ3v) is 21.8. The van der Waals surface area contributed by atoms with Crippen LogP contribution >= 0.6 is 0 Å². The van der Waals surface area contributed by atoms with Crippen LogP contribution in [0.1, 0.15) is 22.3 Å². The predicted molar refractivity (Wildman–Crippen MR) is 357 cm³/mol. The summed E-state index contributed by atoms with van der Waals surface area (Å²) in [6.45, 7) is 3.11. The number of hydrogen-bond donors (Lipinski definition) is 8. The second-order valence-corrected chi connectivity index (χ2v) is 28.3. The molecule has 0 bridgehead atoms. The van der Waals surface area contributed by atoms with Gasteiger partial charge in [-0.2, -0.15) is 0 Å². The molecule has 34 heteroatoms. The Morgan fingerprint density at radius 1 is 0.316 bits per heavy atom. The second kappa shape index (κ2) is 30.0. The number of pyridine rings is 4. The first-order valence-corrected chi connectivity index (χ1v) is 34.6. The molecule has 0 radical (unpaired) electrons. The molecular formula is C64H60N12O18S4. The molecule has 30 nitrogen and oxygen atoms in total. The molecule has 0 unspecified atom stereocenters. The van der Waals surface area contributed by atoms with Gasteiger partial charge in [-0.05, 0) is 97.1 Å². The molecular weight excluding hydrogens is 1350 g/mol. The van der Waals surface area contributed by atoms with Crippen LogP contribution in [-0.4, -0.2) is 170 Å². The average Bonchev–Trinajstić information content (AvgIpc) is 0.770. The Balaban J connectivity index is 0.000000148. The van der Waals surface area contributed by atoms with Gasteiger partial charge < -0.3 is 51.2 Å². The van der Waals surface area contributed by atoms with Crippen LogP contribution < -0.4 is 21.3 Å². The number of sulfonamides is 4. The van der Waals surface area contributed by atoms with Crippen LogP contribution in [-0.2, 0) is 68.7 Å². The summed E-state index contributed by atoms with van der Waals surface area (Å²) in [5.74, 6) is -3.63. The Hall–Kier alpha value is -11.6. The monoisotopic (exact) mass is 1410 g/mol. The number of benzene rings is 4. The molecule has 0 atom stereocenters. The molecule has 508 valence electrons. The molecule has 1 saturated heterocycles. The van der Waals surface area contributed by atoms with Crippen molar-refractivity contribution in [2.75, 3.05) is 75.9 Å². The molecule has 13 rings (SSSR count). The van der Waals surface area contributed by atoms with Crippen LogP contribution in [0.2, 0.25) is 0 Å². The number of aliphatic hydroxyl groups excluding tert-OH is 4. The SMILES string of the molecule is C1COCCO1.CN1C(C(=O)Nc2ccccn2)=C(O)c2ccccc2S1(=O)=O.CN1C(C(=O)Nc2ccccn2)=C(O)c2ccccc2S1(=O)=O.CN1C(C(=O)Nc2ccccn2)=C(O)c2ccccc2S1(=O)=O.CN1C(C(=O)Nc2ccccn2)=C(O)c2ccccc2S1(=O)=O. The largest absolute Gasteiger partial charge is 0.505 e. The summed E-state index contributed by atoms with van der Waals surface area (Å²) in [6.07, 6.45) is 5.95. The highest BCUT2D eigenvalue weighted by molar-refractivity contribution is 7.90. The molecule has 4 aromatic carbocycles. The normalized spacial score (nSPS) is 16.4. The first-order valence-electron chi connectivity index (χ1n) is 28.8. The van der Waals surface area contributed by atoms with E-state index in [0.29, 0.717) is 0 Å². The van der Waals surface area contributed by atoms with Gasteiger partial charge in [0.25, 0.3) is 63.7 Å². The number of aromatic nitrogens is 4. The van der Waals surface area contributed by atoms with E-state index in [1.54, 1.807) is 121 Å². The lowest BCUT2D eigenvalue weighted by molar-refractivity contribution is -0.114. The minimum Gasteiger partial charge on any atom is -0.505 e. The summed E-state index contributed by atoms with van der Waals surface area (Å²) in [7, 11) is -10.8. The van der Waals surface area contributed by atoms with E-state index in [9.17, 15) is 73.3 Å². The molecule has 0 spiro atoms. The van der Waals surface area contributed by atoms with Crippen LogP contribution in [0.5, 0.6) is 0 Å². The van der Waals surface area contributed by atoms with Crippen molar-refractivity contribution in [2.45, 2.75) is 19.6 Å². The van der Waals surface area contributed by atoms with Gasteiger partial charge in [0.05, 0.1) is 46.0 Å². The average molecular weight is 1410 g/mol. The fraction of sp³-hybridized carbons (Fsp3) is 0.125. The van der Waals surface area contributed by atoms with Crippen LogP contribution in [0, 0.1) is 0 Å². The van der Waals surface area contributed by atoms with E-state index in [2.05, 4.69) is 41.2 Å². The van der Waals surface area contributed by atoms with Crippen molar-refractivity contribution < 1.29 is 82.7 Å². The molecule has 4 amide bonds. The highest BCUT2D eigenvalue weighted by Gasteiger charge is 2.42. The Bertz CT molecular complexity index is 4350. The van der Waals surface area contributed by atoms with Gasteiger partial charge in [0.1, 0.15) is 23.3 Å². The predicted octanol–water partition coefficient (Wildman–Crippen LogP) is 6.36. The van der Waals surface area contributed by atoms with Gasteiger partial charge in [-0.25, -0.2) is 53.6 Å². The van der Waals surface area contributed by atoms with Crippen molar-refractivity contribution >= 4 is 110 Å². The number of amides is 4. The van der Waals surface area contributed by atoms with Gasteiger partial charge >= 0.3 is 0 Å². The number of carbonyl (C=O) groups is 4. The number of nitrogens with zero attached hydrogens (tertiary/aromatic N) is 8. The number of ether oxygens (including phenoxy) is 2. The van der Waals surface area contributed by atoms with Crippen molar-refractivity contribution in [3.8, 4) is 0 Å². The van der Waals surface area contributed by atoms with Gasteiger partial charge in [-0.1, -0.05) is 72.8 Å². The third kappa shape index (κ3) is 14.9. The lowest BCUT2D eigenvalue weighted by Gasteiger charge is -2.28. The van der Waals surface area contributed by atoms with Crippen LogP contribution in [0.25, 0.3) is 23.0 Å². The molecule has 98 heavy (non-hydrogen) atoms. The standard InChI is InChI=1S/4C15H13N3O4S.C4H8O2/c4*1-18-13(15(20)17-12-8-4-5-9-16-12)14(19)10-6-2-3-7-11(10)23(18,21)22;1-2-6-4-3-5-1/h4*2-9,19H,1H3,(H,16,17,20);1-4H2. The van der Waals surface area contributed by atoms with Crippen molar-refractivity contribution in [2.24, 2.45) is 0 Å². The van der Waals surface area contributed by atoms with E-state index in [4.69, 9.17) is 9.47 Å². The number of aliphatic hydroxyl groups is 4. The highest BCUT2D eigenvalue weighted by atomic mass is 32.2. The van der Waals surface area contributed by atoms with E-state index in [-0.39, 0.29) is 87.9 Å². The smallest absolute Gasteiger partial charge is 0.277 e.